The molecule has 0 aliphatic rings. The smallest absolute Gasteiger partial charge is 0.311 e. The number of rotatable bonds is 9. The van der Waals surface area contributed by atoms with E-state index >= 15 is 0 Å². The fourth-order valence-corrected chi connectivity index (χ4v) is 1.73. The van der Waals surface area contributed by atoms with Crippen LogP contribution in [-0.4, -0.2) is 16.3 Å². The second-order valence-electron chi connectivity index (χ2n) is 4.14. The lowest BCUT2D eigenvalue weighted by Gasteiger charge is -2.07. The molecular weight excluding hydrogens is 260 g/mol. The third-order valence-electron chi connectivity index (χ3n) is 2.70. The first-order valence-corrected chi connectivity index (χ1v) is 6.27. The van der Waals surface area contributed by atoms with Crippen molar-refractivity contribution in [1.29, 1.82) is 0 Å². The van der Waals surface area contributed by atoms with E-state index < -0.39 is 6.55 Å². The van der Waals surface area contributed by atoms with Crippen molar-refractivity contribution in [2.24, 2.45) is 0 Å². The third-order valence-corrected chi connectivity index (χ3v) is 2.70. The summed E-state index contributed by atoms with van der Waals surface area (Å²) in [6, 6.07) is 1.62. The highest BCUT2D eigenvalue weighted by Crippen LogP contribution is 2.11. The van der Waals surface area contributed by atoms with Crippen LogP contribution in [0.25, 0.3) is 0 Å². The van der Waals surface area contributed by atoms with Gasteiger partial charge in [0.25, 0.3) is 0 Å². The van der Waals surface area contributed by atoms with Crippen LogP contribution >= 0.6 is 12.4 Å². The monoisotopic (exact) mass is 281 g/mol. The maximum Gasteiger partial charge on any atom is 0.333 e. The average Bonchev–Trinajstić information content (AvgIpc) is 2.76. The van der Waals surface area contributed by atoms with Crippen LogP contribution in [0.15, 0.2) is 12.3 Å². The molecule has 3 nitrogen and oxygen atoms in total. The van der Waals surface area contributed by atoms with E-state index in [1.54, 1.807) is 6.07 Å². The van der Waals surface area contributed by atoms with Crippen LogP contribution in [0.3, 0.4) is 0 Å². The summed E-state index contributed by atoms with van der Waals surface area (Å²) >= 11 is 0. The molecule has 1 heterocycles. The molecule has 0 atom stereocenters. The Kier molecular flexibility index (Phi) is 9.87. The Balaban J connectivity index is 0.00000289. The molecule has 1 N–H and O–H groups in total. The summed E-state index contributed by atoms with van der Waals surface area (Å²) in [6.07, 6.45) is 7.48. The highest BCUT2D eigenvalue weighted by Gasteiger charge is 2.10. The van der Waals surface area contributed by atoms with Crippen molar-refractivity contribution in [1.82, 2.24) is 15.1 Å². The zero-order valence-corrected chi connectivity index (χ0v) is 11.6. The lowest BCUT2D eigenvalue weighted by atomic mass is 10.1. The minimum Gasteiger partial charge on any atom is -0.311 e. The van der Waals surface area contributed by atoms with Crippen LogP contribution in [0, 0.1) is 0 Å². The molecule has 0 saturated carbocycles. The topological polar surface area (TPSA) is 29.9 Å². The Morgan fingerprint density at radius 3 is 2.67 bits per heavy atom. The van der Waals surface area contributed by atoms with Crippen molar-refractivity contribution in [2.45, 2.75) is 52.1 Å². The molecule has 0 radical (unpaired) electrons. The molecule has 0 amide bonds. The number of aromatic nitrogens is 2. The molecule has 0 fully saturated rings. The molecule has 6 heteroatoms. The largest absolute Gasteiger partial charge is 0.333 e. The molecule has 0 unspecified atom stereocenters. The van der Waals surface area contributed by atoms with E-state index in [1.165, 1.54) is 31.9 Å². The van der Waals surface area contributed by atoms with Gasteiger partial charge in [-0.25, -0.2) is 4.68 Å². The first-order chi connectivity index (χ1) is 8.25. The van der Waals surface area contributed by atoms with Gasteiger partial charge in [0.15, 0.2) is 0 Å². The molecule has 1 aromatic rings. The van der Waals surface area contributed by atoms with Gasteiger partial charge in [-0.1, -0.05) is 32.6 Å². The van der Waals surface area contributed by atoms with Gasteiger partial charge in [0.2, 0.25) is 0 Å². The standard InChI is InChI=1S/C12H21F2N3.ClH/c1-2-3-4-5-6-8-15-10-11-7-9-16-17(11)12(13)14;/h7,9,12,15H,2-6,8,10H2,1H3;1H. The fraction of sp³-hybridized carbons (Fsp3) is 0.750. The Morgan fingerprint density at radius 2 is 2.00 bits per heavy atom. The first kappa shape index (κ1) is 17.3. The normalized spacial score (nSPS) is 10.7. The molecule has 0 spiro atoms. The molecule has 1 aromatic heterocycles. The third kappa shape index (κ3) is 6.31. The van der Waals surface area contributed by atoms with Gasteiger partial charge in [-0.05, 0) is 19.0 Å². The summed E-state index contributed by atoms with van der Waals surface area (Å²) in [5, 5.41) is 6.75. The maximum atomic E-state index is 12.4. The number of hydrogen-bond donors (Lipinski definition) is 1. The van der Waals surface area contributed by atoms with Crippen LogP contribution in [0.4, 0.5) is 8.78 Å². The van der Waals surface area contributed by atoms with Crippen LogP contribution in [0.1, 0.15) is 51.3 Å². The molecule has 0 aliphatic heterocycles. The van der Waals surface area contributed by atoms with Crippen molar-refractivity contribution in [2.75, 3.05) is 6.54 Å². The second kappa shape index (κ2) is 10.3. The Labute approximate surface area is 113 Å². The van der Waals surface area contributed by atoms with E-state index in [-0.39, 0.29) is 12.4 Å². The molecule has 1 rings (SSSR count). The summed E-state index contributed by atoms with van der Waals surface area (Å²) in [4.78, 5) is 0. The van der Waals surface area contributed by atoms with Crippen LogP contribution in [0.5, 0.6) is 0 Å². The van der Waals surface area contributed by atoms with Gasteiger partial charge in [-0.3, -0.25) is 0 Å². The van der Waals surface area contributed by atoms with Crippen molar-refractivity contribution in [3.63, 3.8) is 0 Å². The average molecular weight is 282 g/mol. The predicted octanol–water partition coefficient (Wildman–Crippen LogP) is 3.76. The highest BCUT2D eigenvalue weighted by molar-refractivity contribution is 5.85. The maximum absolute atomic E-state index is 12.4. The van der Waals surface area contributed by atoms with E-state index in [4.69, 9.17) is 0 Å². The summed E-state index contributed by atoms with van der Waals surface area (Å²) < 4.78 is 25.7. The van der Waals surface area contributed by atoms with E-state index in [1.807, 2.05) is 0 Å². The van der Waals surface area contributed by atoms with E-state index in [0.717, 1.165) is 17.6 Å². The van der Waals surface area contributed by atoms with E-state index in [9.17, 15) is 8.78 Å². The van der Waals surface area contributed by atoms with Gasteiger partial charge >= 0.3 is 6.55 Å². The van der Waals surface area contributed by atoms with Gasteiger partial charge in [-0.15, -0.1) is 12.4 Å². The molecular formula is C12H22ClF2N3. The minimum absolute atomic E-state index is 0. The molecule has 0 aromatic carbocycles. The fourth-order valence-electron chi connectivity index (χ4n) is 1.73. The number of nitrogens with zero attached hydrogens (tertiary/aromatic N) is 2. The Morgan fingerprint density at radius 1 is 1.28 bits per heavy atom. The van der Waals surface area contributed by atoms with Crippen molar-refractivity contribution >= 4 is 12.4 Å². The zero-order chi connectivity index (χ0) is 12.5. The number of unbranched alkanes of at least 4 members (excludes halogenated alkanes) is 4. The molecule has 18 heavy (non-hydrogen) atoms. The number of nitrogens with one attached hydrogen (secondary N) is 1. The van der Waals surface area contributed by atoms with Crippen LogP contribution in [0.2, 0.25) is 0 Å². The van der Waals surface area contributed by atoms with Gasteiger partial charge in [0, 0.05) is 12.7 Å². The predicted molar refractivity (Wildman–Crippen MR) is 71.2 cm³/mol. The number of alkyl halides is 2. The first-order valence-electron chi connectivity index (χ1n) is 6.27. The minimum atomic E-state index is -2.55. The summed E-state index contributed by atoms with van der Waals surface area (Å²) in [5.41, 5.74) is 0.536. The highest BCUT2D eigenvalue weighted by atomic mass is 35.5. The number of hydrogen-bond acceptors (Lipinski definition) is 2. The summed E-state index contributed by atoms with van der Waals surface area (Å²) in [5.74, 6) is 0. The molecule has 106 valence electrons. The lowest BCUT2D eigenvalue weighted by molar-refractivity contribution is 0.0531. The summed E-state index contributed by atoms with van der Waals surface area (Å²) in [7, 11) is 0. The van der Waals surface area contributed by atoms with E-state index in [2.05, 4.69) is 17.3 Å². The van der Waals surface area contributed by atoms with Crippen molar-refractivity contribution in [3.8, 4) is 0 Å². The van der Waals surface area contributed by atoms with Gasteiger partial charge in [-0.2, -0.15) is 13.9 Å². The van der Waals surface area contributed by atoms with Crippen molar-refractivity contribution < 1.29 is 8.78 Å². The quantitative estimate of drug-likeness (QED) is 0.699. The van der Waals surface area contributed by atoms with Crippen LogP contribution in [-0.2, 0) is 6.54 Å². The van der Waals surface area contributed by atoms with Gasteiger partial charge in [0.05, 0.1) is 5.69 Å². The molecule has 0 aliphatic carbocycles. The summed E-state index contributed by atoms with van der Waals surface area (Å²) in [6.45, 7) is 0.964. The van der Waals surface area contributed by atoms with Gasteiger partial charge < -0.3 is 5.32 Å². The number of halogens is 3. The lowest BCUT2D eigenvalue weighted by Crippen LogP contribution is -2.18. The second-order valence-corrected chi connectivity index (χ2v) is 4.14. The SMILES string of the molecule is CCCCCCCNCc1ccnn1C(F)F.Cl. The van der Waals surface area contributed by atoms with Gasteiger partial charge in [0.1, 0.15) is 0 Å². The molecule has 0 bridgehead atoms. The Bertz CT molecular complexity index is 305. The Hall–Kier alpha value is -0.680. The van der Waals surface area contributed by atoms with Crippen LogP contribution < -0.4 is 5.32 Å². The zero-order valence-electron chi connectivity index (χ0n) is 10.7. The van der Waals surface area contributed by atoms with Crippen molar-refractivity contribution in [3.05, 3.63) is 18.0 Å². The molecule has 0 saturated heterocycles. The van der Waals surface area contributed by atoms with E-state index in [0.29, 0.717) is 12.2 Å².